The molecule has 5 nitrogen and oxygen atoms in total. The topological polar surface area (TPSA) is 52.3 Å². The van der Waals surface area contributed by atoms with Crippen molar-refractivity contribution in [2.24, 2.45) is 0 Å². The Morgan fingerprint density at radius 2 is 2.00 bits per heavy atom. The number of hydrogen-bond donors (Lipinski definition) is 0. The Balaban J connectivity index is 2.01. The van der Waals surface area contributed by atoms with Crippen LogP contribution in [0.15, 0.2) is 30.3 Å². The van der Waals surface area contributed by atoms with Crippen LogP contribution in [0.3, 0.4) is 0 Å². The lowest BCUT2D eigenvalue weighted by Gasteiger charge is -2.07. The minimum Gasteiger partial charge on any atom is -0.436 e. The van der Waals surface area contributed by atoms with Gasteiger partial charge < -0.3 is 4.74 Å². The van der Waals surface area contributed by atoms with Crippen LogP contribution in [-0.2, 0) is 0 Å². The van der Waals surface area contributed by atoms with Gasteiger partial charge in [-0.15, -0.1) is 15.3 Å². The molecule has 0 unspecified atom stereocenters. The lowest BCUT2D eigenvalue weighted by atomic mass is 10.2. The fraction of sp³-hybridized carbons (Fsp3) is 0.154. The number of ether oxygens (including phenoxy) is 1. The number of alkyl halides is 2. The molecule has 8 heteroatoms. The van der Waals surface area contributed by atoms with E-state index in [2.05, 4.69) is 15.3 Å². The molecule has 3 rings (SSSR count). The maximum atomic E-state index is 12.8. The quantitative estimate of drug-likeness (QED) is 0.738. The lowest BCUT2D eigenvalue weighted by molar-refractivity contribution is 0.137. The van der Waals surface area contributed by atoms with Crippen molar-refractivity contribution < 1.29 is 13.5 Å². The minimum absolute atomic E-state index is 0.122. The third-order valence-electron chi connectivity index (χ3n) is 2.76. The molecule has 0 radical (unpaired) electrons. The highest BCUT2D eigenvalue weighted by molar-refractivity contribution is 6.32. The van der Waals surface area contributed by atoms with Crippen LogP contribution in [0.5, 0.6) is 11.6 Å². The summed E-state index contributed by atoms with van der Waals surface area (Å²) in [5, 5.41) is 11.4. The Kier molecular flexibility index (Phi) is 3.42. The smallest absolute Gasteiger partial charge is 0.299 e. The van der Waals surface area contributed by atoms with Gasteiger partial charge in [-0.05, 0) is 30.7 Å². The normalized spacial score (nSPS) is 11.3. The number of aromatic nitrogens is 4. The van der Waals surface area contributed by atoms with E-state index in [1.807, 2.05) is 13.0 Å². The Morgan fingerprint density at radius 1 is 1.19 bits per heavy atom. The van der Waals surface area contributed by atoms with Crippen molar-refractivity contribution in [2.45, 2.75) is 13.3 Å². The summed E-state index contributed by atoms with van der Waals surface area (Å²) in [5.74, 6) is -0.0160. The Labute approximate surface area is 123 Å². The van der Waals surface area contributed by atoms with Crippen LogP contribution in [-0.4, -0.2) is 19.8 Å². The summed E-state index contributed by atoms with van der Waals surface area (Å²) >= 11 is 6.02. The predicted octanol–water partition coefficient (Wildman–Crippen LogP) is 3.82. The molecule has 0 aliphatic rings. The molecule has 0 bridgehead atoms. The first-order valence-electron chi connectivity index (χ1n) is 5.99. The van der Waals surface area contributed by atoms with E-state index < -0.39 is 12.2 Å². The zero-order valence-electron chi connectivity index (χ0n) is 10.8. The van der Waals surface area contributed by atoms with E-state index in [9.17, 15) is 8.78 Å². The number of benzene rings is 1. The molecule has 108 valence electrons. The van der Waals surface area contributed by atoms with Gasteiger partial charge in [0.15, 0.2) is 5.65 Å². The third-order valence-corrected chi connectivity index (χ3v) is 3.07. The van der Waals surface area contributed by atoms with Gasteiger partial charge in [0.05, 0.1) is 5.02 Å². The van der Waals surface area contributed by atoms with Gasteiger partial charge in [-0.25, -0.2) is 8.78 Å². The maximum Gasteiger partial charge on any atom is 0.299 e. The van der Waals surface area contributed by atoms with Gasteiger partial charge in [0.2, 0.25) is 11.7 Å². The molecule has 2 aromatic heterocycles. The van der Waals surface area contributed by atoms with Gasteiger partial charge in [0.1, 0.15) is 5.75 Å². The van der Waals surface area contributed by atoms with Gasteiger partial charge in [-0.1, -0.05) is 17.7 Å². The predicted molar refractivity (Wildman–Crippen MR) is 72.0 cm³/mol. The Hall–Kier alpha value is -2.28. The van der Waals surface area contributed by atoms with Gasteiger partial charge in [-0.3, -0.25) is 0 Å². The van der Waals surface area contributed by atoms with Gasteiger partial charge in [0, 0.05) is 6.07 Å². The van der Waals surface area contributed by atoms with Crippen LogP contribution in [0.4, 0.5) is 8.78 Å². The Bertz CT molecular complexity index is 806. The molecule has 0 saturated carbocycles. The van der Waals surface area contributed by atoms with Crippen molar-refractivity contribution in [2.75, 3.05) is 0 Å². The molecular weight excluding hydrogens is 302 g/mol. The molecular formula is C13H9ClF2N4O. The fourth-order valence-corrected chi connectivity index (χ4v) is 1.94. The first-order valence-corrected chi connectivity index (χ1v) is 6.37. The molecule has 0 spiro atoms. The lowest BCUT2D eigenvalue weighted by Crippen LogP contribution is -2.01. The second kappa shape index (κ2) is 5.25. The van der Waals surface area contributed by atoms with Crippen molar-refractivity contribution in [3.8, 4) is 11.6 Å². The molecule has 0 saturated heterocycles. The summed E-state index contributed by atoms with van der Waals surface area (Å²) in [7, 11) is 0. The number of halogens is 3. The highest BCUT2D eigenvalue weighted by atomic mass is 35.5. The van der Waals surface area contributed by atoms with Gasteiger partial charge in [0.25, 0.3) is 6.43 Å². The molecule has 21 heavy (non-hydrogen) atoms. The van der Waals surface area contributed by atoms with E-state index in [1.54, 1.807) is 12.1 Å². The van der Waals surface area contributed by atoms with Crippen LogP contribution >= 0.6 is 11.6 Å². The molecule has 0 amide bonds. The standard InChI is InChI=1S/C13H9ClF2N4O/c1-7-2-3-8(14)9(6-7)21-11-5-4-10-17-18-13(12(15)16)20(10)19-11/h2-6,12H,1H3. The molecule has 0 aliphatic carbocycles. The largest absolute Gasteiger partial charge is 0.436 e. The molecule has 1 aromatic carbocycles. The van der Waals surface area contributed by atoms with E-state index in [4.69, 9.17) is 16.3 Å². The average Bonchev–Trinajstić information content (AvgIpc) is 2.86. The number of rotatable bonds is 3. The van der Waals surface area contributed by atoms with E-state index >= 15 is 0 Å². The Morgan fingerprint density at radius 3 is 2.76 bits per heavy atom. The van der Waals surface area contributed by atoms with E-state index in [1.165, 1.54) is 12.1 Å². The number of fused-ring (bicyclic) bond motifs is 1. The highest BCUT2D eigenvalue weighted by Gasteiger charge is 2.17. The van der Waals surface area contributed by atoms with E-state index in [-0.39, 0.29) is 11.5 Å². The van der Waals surface area contributed by atoms with Crippen molar-refractivity contribution in [3.63, 3.8) is 0 Å². The summed E-state index contributed by atoms with van der Waals surface area (Å²) < 4.78 is 32.0. The summed E-state index contributed by atoms with van der Waals surface area (Å²) in [6.45, 7) is 1.88. The monoisotopic (exact) mass is 310 g/mol. The van der Waals surface area contributed by atoms with Crippen LogP contribution in [0.2, 0.25) is 5.02 Å². The van der Waals surface area contributed by atoms with E-state index in [0.717, 1.165) is 10.1 Å². The van der Waals surface area contributed by atoms with Gasteiger partial charge >= 0.3 is 0 Å². The van der Waals surface area contributed by atoms with Crippen LogP contribution in [0.25, 0.3) is 5.65 Å². The average molecular weight is 311 g/mol. The number of nitrogens with zero attached hydrogens (tertiary/aromatic N) is 4. The third kappa shape index (κ3) is 2.64. The number of aryl methyl sites for hydroxylation is 1. The molecule has 0 N–H and O–H groups in total. The molecule has 0 atom stereocenters. The number of hydrogen-bond acceptors (Lipinski definition) is 4. The SMILES string of the molecule is Cc1ccc(Cl)c(Oc2ccc3nnc(C(F)F)n3n2)c1. The molecule has 0 aliphatic heterocycles. The highest BCUT2D eigenvalue weighted by Crippen LogP contribution is 2.29. The fourth-order valence-electron chi connectivity index (χ4n) is 1.78. The summed E-state index contributed by atoms with van der Waals surface area (Å²) in [6, 6.07) is 8.26. The van der Waals surface area contributed by atoms with Gasteiger partial charge in [-0.2, -0.15) is 4.52 Å². The first kappa shape index (κ1) is 13.7. The summed E-state index contributed by atoms with van der Waals surface area (Å²) in [4.78, 5) is 0. The maximum absolute atomic E-state index is 12.8. The van der Waals surface area contributed by atoms with Crippen molar-refractivity contribution in [3.05, 3.63) is 46.7 Å². The van der Waals surface area contributed by atoms with Crippen molar-refractivity contribution >= 4 is 17.2 Å². The zero-order valence-corrected chi connectivity index (χ0v) is 11.6. The van der Waals surface area contributed by atoms with Crippen LogP contribution in [0, 0.1) is 6.92 Å². The van der Waals surface area contributed by atoms with E-state index in [0.29, 0.717) is 10.8 Å². The van der Waals surface area contributed by atoms with Crippen LogP contribution in [0.1, 0.15) is 17.8 Å². The minimum atomic E-state index is -2.77. The first-order chi connectivity index (χ1) is 10.0. The molecule has 3 aromatic rings. The second-order valence-corrected chi connectivity index (χ2v) is 4.74. The molecule has 2 heterocycles. The molecule has 0 fully saturated rings. The van der Waals surface area contributed by atoms with Crippen LogP contribution < -0.4 is 4.74 Å². The zero-order chi connectivity index (χ0) is 15.0. The summed E-state index contributed by atoms with van der Waals surface area (Å²) in [6.07, 6.45) is -2.77. The second-order valence-electron chi connectivity index (χ2n) is 4.34. The summed E-state index contributed by atoms with van der Waals surface area (Å²) in [5.41, 5.74) is 1.17. The van der Waals surface area contributed by atoms with Crippen molar-refractivity contribution in [1.29, 1.82) is 0 Å². The van der Waals surface area contributed by atoms with Crippen molar-refractivity contribution in [1.82, 2.24) is 19.8 Å².